The van der Waals surface area contributed by atoms with Crippen LogP contribution in [0.15, 0.2) is 24.3 Å². The van der Waals surface area contributed by atoms with E-state index in [1.807, 2.05) is 0 Å². The van der Waals surface area contributed by atoms with Crippen LogP contribution in [0, 0.1) is 0 Å². The molecule has 0 spiro atoms. The zero-order valence-electron chi connectivity index (χ0n) is 12.9. The lowest BCUT2D eigenvalue weighted by Crippen LogP contribution is -2.26. The number of nitrogens with one attached hydrogen (secondary N) is 2. The second-order valence-corrected chi connectivity index (χ2v) is 5.08. The van der Waals surface area contributed by atoms with Gasteiger partial charge in [0, 0.05) is 24.2 Å². The first-order valence-electron chi connectivity index (χ1n) is 7.75. The second kappa shape index (κ2) is 10.8. The molecule has 0 saturated heterocycles. The molecule has 2 amide bonds. The third-order valence-corrected chi connectivity index (χ3v) is 3.24. The van der Waals surface area contributed by atoms with Crippen molar-refractivity contribution in [1.82, 2.24) is 10.6 Å². The van der Waals surface area contributed by atoms with Crippen molar-refractivity contribution in [1.29, 1.82) is 0 Å². The van der Waals surface area contributed by atoms with Crippen LogP contribution in [0.2, 0.25) is 0 Å². The van der Waals surface area contributed by atoms with Crippen molar-refractivity contribution in [2.45, 2.75) is 25.7 Å². The lowest BCUT2D eigenvalue weighted by molar-refractivity contribution is 0.0941. The first-order chi connectivity index (χ1) is 10.7. The fraction of sp³-hybridized carbons (Fsp3) is 0.500. The minimum absolute atomic E-state index is 0.132. The van der Waals surface area contributed by atoms with Crippen LogP contribution in [0.5, 0.6) is 0 Å². The summed E-state index contributed by atoms with van der Waals surface area (Å²) in [7, 11) is 0. The summed E-state index contributed by atoms with van der Waals surface area (Å²) >= 11 is 0. The standard InChI is InChI=1S/C16H26N4O2/c17-9-1-3-11-19-15(21)13-5-7-14(8-6-13)16(22)20-12-4-2-10-18/h5-8H,1-4,9-12,17-18H2,(H,19,21)(H,20,22). The van der Waals surface area contributed by atoms with Gasteiger partial charge in [0.05, 0.1) is 0 Å². The van der Waals surface area contributed by atoms with E-state index in [0.717, 1.165) is 25.7 Å². The van der Waals surface area contributed by atoms with E-state index in [-0.39, 0.29) is 11.8 Å². The molecule has 0 unspecified atom stereocenters. The highest BCUT2D eigenvalue weighted by molar-refractivity contribution is 5.97. The van der Waals surface area contributed by atoms with Gasteiger partial charge in [0.15, 0.2) is 0 Å². The Bertz CT molecular complexity index is 417. The number of carbonyl (C=O) groups is 2. The van der Waals surface area contributed by atoms with Crippen LogP contribution >= 0.6 is 0 Å². The van der Waals surface area contributed by atoms with Gasteiger partial charge in [-0.2, -0.15) is 0 Å². The average Bonchev–Trinajstić information content (AvgIpc) is 2.55. The minimum atomic E-state index is -0.132. The summed E-state index contributed by atoms with van der Waals surface area (Å²) in [6, 6.07) is 6.64. The van der Waals surface area contributed by atoms with E-state index in [1.54, 1.807) is 24.3 Å². The molecule has 0 fully saturated rings. The first-order valence-corrected chi connectivity index (χ1v) is 7.75. The van der Waals surface area contributed by atoms with Crippen molar-refractivity contribution in [2.75, 3.05) is 26.2 Å². The molecule has 0 aliphatic heterocycles. The molecule has 0 bridgehead atoms. The van der Waals surface area contributed by atoms with Crippen LogP contribution < -0.4 is 22.1 Å². The van der Waals surface area contributed by atoms with Gasteiger partial charge in [0.1, 0.15) is 0 Å². The lowest BCUT2D eigenvalue weighted by Gasteiger charge is -2.07. The molecule has 6 heteroatoms. The number of amides is 2. The highest BCUT2D eigenvalue weighted by Crippen LogP contribution is 2.05. The monoisotopic (exact) mass is 306 g/mol. The Hall–Kier alpha value is -1.92. The van der Waals surface area contributed by atoms with Crippen molar-refractivity contribution in [3.8, 4) is 0 Å². The molecule has 0 heterocycles. The first kappa shape index (κ1) is 18.1. The van der Waals surface area contributed by atoms with Crippen LogP contribution in [0.4, 0.5) is 0 Å². The van der Waals surface area contributed by atoms with Gasteiger partial charge in [-0.15, -0.1) is 0 Å². The highest BCUT2D eigenvalue weighted by Gasteiger charge is 2.08. The van der Waals surface area contributed by atoms with Crippen molar-refractivity contribution in [3.05, 3.63) is 35.4 Å². The molecule has 0 saturated carbocycles. The van der Waals surface area contributed by atoms with E-state index in [2.05, 4.69) is 10.6 Å². The molecule has 1 rings (SSSR count). The van der Waals surface area contributed by atoms with Crippen LogP contribution in [-0.2, 0) is 0 Å². The molecule has 0 aliphatic carbocycles. The lowest BCUT2D eigenvalue weighted by atomic mass is 10.1. The van der Waals surface area contributed by atoms with E-state index in [4.69, 9.17) is 11.5 Å². The maximum absolute atomic E-state index is 11.9. The van der Waals surface area contributed by atoms with Crippen molar-refractivity contribution in [2.24, 2.45) is 11.5 Å². The van der Waals surface area contributed by atoms with Gasteiger partial charge in [-0.1, -0.05) is 0 Å². The molecule has 0 atom stereocenters. The van der Waals surface area contributed by atoms with Gasteiger partial charge in [-0.25, -0.2) is 0 Å². The number of hydrogen-bond acceptors (Lipinski definition) is 4. The van der Waals surface area contributed by atoms with Crippen LogP contribution in [0.25, 0.3) is 0 Å². The van der Waals surface area contributed by atoms with E-state index < -0.39 is 0 Å². The Labute approximate surface area is 131 Å². The fourth-order valence-electron chi connectivity index (χ4n) is 1.92. The molecule has 0 aromatic heterocycles. The maximum atomic E-state index is 11.9. The van der Waals surface area contributed by atoms with Gasteiger partial charge in [0.25, 0.3) is 11.8 Å². The quantitative estimate of drug-likeness (QED) is 0.475. The summed E-state index contributed by atoms with van der Waals surface area (Å²) in [6.07, 6.45) is 3.52. The summed E-state index contributed by atoms with van der Waals surface area (Å²) in [5, 5.41) is 5.65. The van der Waals surface area contributed by atoms with E-state index in [0.29, 0.717) is 37.3 Å². The summed E-state index contributed by atoms with van der Waals surface area (Å²) in [4.78, 5) is 23.8. The van der Waals surface area contributed by atoms with Gasteiger partial charge in [-0.3, -0.25) is 9.59 Å². The Morgan fingerprint density at radius 1 is 0.727 bits per heavy atom. The molecule has 1 aromatic rings. The van der Waals surface area contributed by atoms with E-state index in [1.165, 1.54) is 0 Å². The topological polar surface area (TPSA) is 110 Å². The number of benzene rings is 1. The van der Waals surface area contributed by atoms with Crippen molar-refractivity contribution in [3.63, 3.8) is 0 Å². The SMILES string of the molecule is NCCCCNC(=O)c1ccc(C(=O)NCCCCN)cc1. The predicted octanol–water partition coefficient (Wildman–Crippen LogP) is 0.624. The fourth-order valence-corrected chi connectivity index (χ4v) is 1.92. The Balaban J connectivity index is 2.41. The van der Waals surface area contributed by atoms with Crippen molar-refractivity contribution < 1.29 is 9.59 Å². The molecule has 0 aliphatic rings. The minimum Gasteiger partial charge on any atom is -0.352 e. The molecular formula is C16H26N4O2. The zero-order chi connectivity index (χ0) is 16.2. The Morgan fingerprint density at radius 2 is 1.09 bits per heavy atom. The summed E-state index contributed by atoms with van der Waals surface area (Å²) in [5.74, 6) is -0.265. The summed E-state index contributed by atoms with van der Waals surface area (Å²) in [6.45, 7) is 2.48. The van der Waals surface area contributed by atoms with Gasteiger partial charge >= 0.3 is 0 Å². The van der Waals surface area contributed by atoms with Crippen molar-refractivity contribution >= 4 is 11.8 Å². The molecule has 122 valence electrons. The molecular weight excluding hydrogens is 280 g/mol. The van der Waals surface area contributed by atoms with Gasteiger partial charge in [-0.05, 0) is 63.0 Å². The molecule has 1 aromatic carbocycles. The van der Waals surface area contributed by atoms with Crippen LogP contribution in [0.3, 0.4) is 0 Å². The van der Waals surface area contributed by atoms with Gasteiger partial charge < -0.3 is 22.1 Å². The Morgan fingerprint density at radius 3 is 1.41 bits per heavy atom. The maximum Gasteiger partial charge on any atom is 0.251 e. The van der Waals surface area contributed by atoms with E-state index >= 15 is 0 Å². The summed E-state index contributed by atoms with van der Waals surface area (Å²) in [5.41, 5.74) is 11.9. The molecule has 6 N–H and O–H groups in total. The number of unbranched alkanes of at least 4 members (excludes halogenated alkanes) is 2. The Kier molecular flexibility index (Phi) is 8.86. The molecule has 0 radical (unpaired) electrons. The smallest absolute Gasteiger partial charge is 0.251 e. The number of carbonyl (C=O) groups excluding carboxylic acids is 2. The number of hydrogen-bond donors (Lipinski definition) is 4. The largest absolute Gasteiger partial charge is 0.352 e. The third kappa shape index (κ3) is 6.69. The second-order valence-electron chi connectivity index (χ2n) is 5.08. The third-order valence-electron chi connectivity index (χ3n) is 3.24. The van der Waals surface area contributed by atoms with Crippen LogP contribution in [-0.4, -0.2) is 38.0 Å². The van der Waals surface area contributed by atoms with Gasteiger partial charge in [0.2, 0.25) is 0 Å². The molecule has 22 heavy (non-hydrogen) atoms. The summed E-state index contributed by atoms with van der Waals surface area (Å²) < 4.78 is 0. The predicted molar refractivity (Wildman–Crippen MR) is 87.7 cm³/mol. The zero-order valence-corrected chi connectivity index (χ0v) is 12.9. The number of rotatable bonds is 10. The molecule has 6 nitrogen and oxygen atoms in total. The normalized spacial score (nSPS) is 10.3. The van der Waals surface area contributed by atoms with Crippen LogP contribution in [0.1, 0.15) is 46.4 Å². The average molecular weight is 306 g/mol. The van der Waals surface area contributed by atoms with E-state index in [9.17, 15) is 9.59 Å². The number of nitrogens with two attached hydrogens (primary N) is 2. The highest BCUT2D eigenvalue weighted by atomic mass is 16.2.